The topological polar surface area (TPSA) is 75.0 Å². The SMILES string of the molecule is CC(C)(C)C1CCc2sc(C(=O)Nc3ncccc3OCCCC#N)cc2C1. The lowest BCUT2D eigenvalue weighted by molar-refractivity contribution is 0.102. The van der Waals surface area contributed by atoms with E-state index in [2.05, 4.69) is 37.1 Å². The van der Waals surface area contributed by atoms with Crippen LogP contribution < -0.4 is 10.1 Å². The molecular weight excluding hydrogens is 370 g/mol. The molecule has 28 heavy (non-hydrogen) atoms. The van der Waals surface area contributed by atoms with Crippen molar-refractivity contribution in [2.75, 3.05) is 11.9 Å². The number of aryl methyl sites for hydroxylation is 1. The molecule has 2 heterocycles. The van der Waals surface area contributed by atoms with Crippen molar-refractivity contribution >= 4 is 23.1 Å². The third kappa shape index (κ3) is 4.90. The van der Waals surface area contributed by atoms with E-state index in [1.807, 2.05) is 6.07 Å². The summed E-state index contributed by atoms with van der Waals surface area (Å²) in [7, 11) is 0. The van der Waals surface area contributed by atoms with E-state index in [-0.39, 0.29) is 11.3 Å². The van der Waals surface area contributed by atoms with Gasteiger partial charge in [0.1, 0.15) is 0 Å². The van der Waals surface area contributed by atoms with Crippen LogP contribution in [0.1, 0.15) is 60.1 Å². The Balaban J connectivity index is 1.68. The van der Waals surface area contributed by atoms with E-state index in [1.54, 1.807) is 29.7 Å². The normalized spacial score (nSPS) is 16.1. The maximum Gasteiger partial charge on any atom is 0.267 e. The van der Waals surface area contributed by atoms with Crippen LogP contribution in [0.3, 0.4) is 0 Å². The molecule has 0 aliphatic heterocycles. The van der Waals surface area contributed by atoms with Crippen LogP contribution in [-0.2, 0) is 12.8 Å². The standard InChI is InChI=1S/C22H27N3O2S/c1-22(2,3)16-8-9-18-15(13-16)14-19(28-18)21(26)25-20-17(7-6-11-24-20)27-12-5-4-10-23/h6-7,11,14,16H,4-5,8-9,12-13H2,1-3H3,(H,24,25,26). The number of pyridine rings is 1. The molecular formula is C22H27N3O2S. The fourth-order valence-electron chi connectivity index (χ4n) is 3.48. The van der Waals surface area contributed by atoms with Gasteiger partial charge in [-0.2, -0.15) is 5.26 Å². The van der Waals surface area contributed by atoms with Gasteiger partial charge in [-0.3, -0.25) is 4.79 Å². The number of hydrogen-bond donors (Lipinski definition) is 1. The van der Waals surface area contributed by atoms with Crippen LogP contribution in [0.4, 0.5) is 5.82 Å². The van der Waals surface area contributed by atoms with Gasteiger partial charge in [0.2, 0.25) is 0 Å². The lowest BCUT2D eigenvalue weighted by atomic mass is 9.72. The maximum absolute atomic E-state index is 12.8. The minimum atomic E-state index is -0.146. The Labute approximate surface area is 170 Å². The van der Waals surface area contributed by atoms with Crippen LogP contribution in [-0.4, -0.2) is 17.5 Å². The highest BCUT2D eigenvalue weighted by Gasteiger charge is 2.30. The Morgan fingerprint density at radius 3 is 3.04 bits per heavy atom. The zero-order valence-corrected chi connectivity index (χ0v) is 17.6. The minimum Gasteiger partial charge on any atom is -0.490 e. The molecule has 0 saturated carbocycles. The molecule has 2 aromatic rings. The molecule has 0 saturated heterocycles. The Morgan fingerprint density at radius 2 is 2.29 bits per heavy atom. The van der Waals surface area contributed by atoms with Crippen molar-refractivity contribution in [2.45, 2.75) is 52.9 Å². The molecule has 1 aliphatic rings. The van der Waals surface area contributed by atoms with E-state index in [0.717, 1.165) is 17.7 Å². The van der Waals surface area contributed by atoms with Gasteiger partial charge in [0, 0.05) is 17.5 Å². The van der Waals surface area contributed by atoms with Crippen LogP contribution in [0.5, 0.6) is 5.75 Å². The Hall–Kier alpha value is -2.39. The quantitative estimate of drug-likeness (QED) is 0.677. The summed E-state index contributed by atoms with van der Waals surface area (Å²) in [6.45, 7) is 7.30. The Kier molecular flexibility index (Phi) is 6.35. The Bertz CT molecular complexity index is 877. The summed E-state index contributed by atoms with van der Waals surface area (Å²) < 4.78 is 5.68. The first-order valence-electron chi connectivity index (χ1n) is 9.76. The molecule has 1 aliphatic carbocycles. The van der Waals surface area contributed by atoms with Gasteiger partial charge in [0.25, 0.3) is 5.91 Å². The summed E-state index contributed by atoms with van der Waals surface area (Å²) in [5, 5.41) is 11.5. The molecule has 0 aromatic carbocycles. The van der Waals surface area contributed by atoms with E-state index >= 15 is 0 Å². The number of carbonyl (C=O) groups is 1. The molecule has 1 unspecified atom stereocenters. The van der Waals surface area contributed by atoms with Gasteiger partial charge >= 0.3 is 0 Å². The number of nitriles is 1. The van der Waals surface area contributed by atoms with Gasteiger partial charge in [-0.15, -0.1) is 11.3 Å². The van der Waals surface area contributed by atoms with Crippen molar-refractivity contribution in [1.82, 2.24) is 4.98 Å². The van der Waals surface area contributed by atoms with Crippen molar-refractivity contribution in [3.63, 3.8) is 0 Å². The third-order valence-electron chi connectivity index (χ3n) is 5.22. The third-order valence-corrected chi connectivity index (χ3v) is 6.46. The molecule has 1 atom stereocenters. The number of unbranched alkanes of at least 4 members (excludes halogenated alkanes) is 1. The predicted octanol–water partition coefficient (Wildman–Crippen LogP) is 5.23. The van der Waals surface area contributed by atoms with E-state index in [1.165, 1.54) is 16.9 Å². The number of aromatic nitrogens is 1. The molecule has 0 bridgehead atoms. The second-order valence-electron chi connectivity index (χ2n) is 8.28. The zero-order chi connectivity index (χ0) is 20.1. The summed E-state index contributed by atoms with van der Waals surface area (Å²) in [4.78, 5) is 19.1. The number of anilines is 1. The van der Waals surface area contributed by atoms with Crippen molar-refractivity contribution in [2.24, 2.45) is 11.3 Å². The van der Waals surface area contributed by atoms with E-state index < -0.39 is 0 Å². The lowest BCUT2D eigenvalue weighted by Gasteiger charge is -2.33. The molecule has 5 nitrogen and oxygen atoms in total. The number of nitrogens with zero attached hydrogens (tertiary/aromatic N) is 2. The fraction of sp³-hybridized carbons (Fsp3) is 0.500. The average molecular weight is 398 g/mol. The minimum absolute atomic E-state index is 0.146. The van der Waals surface area contributed by atoms with Crippen LogP contribution in [0.15, 0.2) is 24.4 Å². The monoisotopic (exact) mass is 397 g/mol. The van der Waals surface area contributed by atoms with Gasteiger partial charge in [-0.1, -0.05) is 20.8 Å². The van der Waals surface area contributed by atoms with Gasteiger partial charge in [0.15, 0.2) is 11.6 Å². The smallest absolute Gasteiger partial charge is 0.267 e. The summed E-state index contributed by atoms with van der Waals surface area (Å²) in [5.41, 5.74) is 1.60. The highest BCUT2D eigenvalue weighted by Crippen LogP contribution is 2.40. The van der Waals surface area contributed by atoms with Gasteiger partial charge in [-0.25, -0.2) is 4.98 Å². The number of amides is 1. The molecule has 1 N–H and O–H groups in total. The molecule has 0 radical (unpaired) electrons. The molecule has 3 rings (SSSR count). The van der Waals surface area contributed by atoms with Crippen LogP contribution >= 0.6 is 11.3 Å². The number of nitrogens with one attached hydrogen (secondary N) is 1. The molecule has 0 spiro atoms. The van der Waals surface area contributed by atoms with Crippen molar-refractivity contribution < 1.29 is 9.53 Å². The van der Waals surface area contributed by atoms with Crippen LogP contribution in [0.2, 0.25) is 0 Å². The first-order chi connectivity index (χ1) is 13.4. The number of fused-ring (bicyclic) bond motifs is 1. The second-order valence-corrected chi connectivity index (χ2v) is 9.42. The first kappa shape index (κ1) is 20.3. The van der Waals surface area contributed by atoms with Gasteiger partial charge in [-0.05, 0) is 60.8 Å². The molecule has 6 heteroatoms. The summed E-state index contributed by atoms with van der Waals surface area (Å²) in [5.74, 6) is 1.45. The fourth-order valence-corrected chi connectivity index (χ4v) is 4.58. The molecule has 1 amide bonds. The highest BCUT2D eigenvalue weighted by atomic mass is 32.1. The predicted molar refractivity (Wildman–Crippen MR) is 112 cm³/mol. The van der Waals surface area contributed by atoms with Crippen molar-refractivity contribution in [3.8, 4) is 11.8 Å². The summed E-state index contributed by atoms with van der Waals surface area (Å²) >= 11 is 1.59. The van der Waals surface area contributed by atoms with Crippen LogP contribution in [0.25, 0.3) is 0 Å². The number of carbonyl (C=O) groups excluding carboxylic acids is 1. The maximum atomic E-state index is 12.8. The number of rotatable bonds is 6. The van der Waals surface area contributed by atoms with E-state index in [9.17, 15) is 4.79 Å². The lowest BCUT2D eigenvalue weighted by Crippen LogP contribution is -2.26. The average Bonchev–Trinajstić information content (AvgIpc) is 3.09. The highest BCUT2D eigenvalue weighted by molar-refractivity contribution is 7.14. The second kappa shape index (κ2) is 8.74. The molecule has 148 valence electrons. The first-order valence-corrected chi connectivity index (χ1v) is 10.6. The summed E-state index contributed by atoms with van der Waals surface area (Å²) in [6, 6.07) is 7.69. The van der Waals surface area contributed by atoms with Gasteiger partial charge < -0.3 is 10.1 Å². The number of thiophene rings is 1. The number of ether oxygens (including phenoxy) is 1. The van der Waals surface area contributed by atoms with Crippen molar-refractivity contribution in [3.05, 3.63) is 39.7 Å². The number of hydrogen-bond acceptors (Lipinski definition) is 5. The molecule has 2 aromatic heterocycles. The van der Waals surface area contributed by atoms with Crippen LogP contribution in [0, 0.1) is 22.7 Å². The Morgan fingerprint density at radius 1 is 1.46 bits per heavy atom. The summed E-state index contributed by atoms with van der Waals surface area (Å²) in [6.07, 6.45) is 5.99. The van der Waals surface area contributed by atoms with E-state index in [4.69, 9.17) is 10.00 Å². The zero-order valence-electron chi connectivity index (χ0n) is 16.7. The van der Waals surface area contributed by atoms with Gasteiger partial charge in [0.05, 0.1) is 17.6 Å². The van der Waals surface area contributed by atoms with E-state index in [0.29, 0.717) is 36.9 Å². The largest absolute Gasteiger partial charge is 0.490 e. The van der Waals surface area contributed by atoms with Crippen molar-refractivity contribution in [1.29, 1.82) is 5.26 Å². The molecule has 0 fully saturated rings.